The maximum absolute atomic E-state index is 11.4. The van der Waals surface area contributed by atoms with Crippen molar-refractivity contribution < 1.29 is 8.42 Å². The third-order valence-electron chi connectivity index (χ3n) is 5.18. The molecule has 0 aliphatic carbocycles. The van der Waals surface area contributed by atoms with Crippen LogP contribution in [0.15, 0.2) is 54.7 Å². The van der Waals surface area contributed by atoms with E-state index in [1.807, 2.05) is 18.2 Å². The molecule has 1 unspecified atom stereocenters. The first-order valence-electron chi connectivity index (χ1n) is 10.2. The van der Waals surface area contributed by atoms with Crippen LogP contribution >= 0.6 is 0 Å². The van der Waals surface area contributed by atoms with Gasteiger partial charge in [0.2, 0.25) is 5.95 Å². The number of aromatic nitrogens is 2. The first-order valence-corrected chi connectivity index (χ1v) is 12.3. The van der Waals surface area contributed by atoms with Gasteiger partial charge in [-0.05, 0) is 42.0 Å². The van der Waals surface area contributed by atoms with Crippen molar-refractivity contribution in [1.29, 1.82) is 0 Å². The Balaban J connectivity index is 1.44. The Labute approximate surface area is 187 Å². The van der Waals surface area contributed by atoms with Gasteiger partial charge in [-0.15, -0.1) is 0 Å². The van der Waals surface area contributed by atoms with Crippen molar-refractivity contribution in [2.45, 2.75) is 25.4 Å². The molecule has 1 aromatic heterocycles. The van der Waals surface area contributed by atoms with Crippen LogP contribution in [-0.4, -0.2) is 30.4 Å². The third kappa shape index (κ3) is 5.09. The monoisotopic (exact) mass is 453 g/mol. The van der Waals surface area contributed by atoms with E-state index in [1.54, 1.807) is 36.5 Å². The Bertz CT molecular complexity index is 1230. The number of anilines is 6. The van der Waals surface area contributed by atoms with Crippen molar-refractivity contribution in [3.63, 3.8) is 0 Å². The molecule has 0 fully saturated rings. The summed E-state index contributed by atoms with van der Waals surface area (Å²) in [7, 11) is -3.07. The van der Waals surface area contributed by atoms with Gasteiger partial charge >= 0.3 is 0 Å². The summed E-state index contributed by atoms with van der Waals surface area (Å²) in [6.07, 6.45) is 2.88. The lowest BCUT2D eigenvalue weighted by Crippen LogP contribution is -2.55. The number of fused-ring (bicyclic) bond motifs is 1. The van der Waals surface area contributed by atoms with Crippen LogP contribution in [0.5, 0.6) is 0 Å². The molecule has 0 saturated heterocycles. The number of rotatable bonds is 7. The molecule has 4 rings (SSSR count). The maximum atomic E-state index is 11.4. The first kappa shape index (κ1) is 21.8. The molecular weight excluding hydrogens is 426 g/mol. The van der Waals surface area contributed by atoms with Crippen molar-refractivity contribution in [3.8, 4) is 0 Å². The maximum Gasteiger partial charge on any atom is 0.229 e. The molecule has 3 aromatic rings. The van der Waals surface area contributed by atoms with Crippen LogP contribution in [0, 0.1) is 5.92 Å². The van der Waals surface area contributed by atoms with E-state index >= 15 is 0 Å². The van der Waals surface area contributed by atoms with E-state index in [1.165, 1.54) is 6.26 Å². The molecule has 2 heterocycles. The van der Waals surface area contributed by atoms with Crippen LogP contribution in [0.4, 0.5) is 34.5 Å². The van der Waals surface area contributed by atoms with Crippen LogP contribution in [0.2, 0.25) is 0 Å². The molecule has 0 amide bonds. The summed E-state index contributed by atoms with van der Waals surface area (Å²) >= 11 is 0. The number of hydrogen-bond acceptors (Lipinski definition) is 9. The fourth-order valence-corrected chi connectivity index (χ4v) is 4.15. The smallest absolute Gasteiger partial charge is 0.229 e. The normalized spacial score (nSPS) is 17.4. The fraction of sp³-hybridized carbons (Fsp3) is 0.273. The minimum Gasteiger partial charge on any atom is -0.349 e. The fourth-order valence-electron chi connectivity index (χ4n) is 3.35. The molecule has 0 spiro atoms. The lowest BCUT2D eigenvalue weighted by atomic mass is 10.1. The molecule has 0 saturated carbocycles. The van der Waals surface area contributed by atoms with Crippen molar-refractivity contribution in [1.82, 2.24) is 9.97 Å². The summed E-state index contributed by atoms with van der Waals surface area (Å²) in [6, 6.07) is 14.8. The predicted molar refractivity (Wildman–Crippen MR) is 129 cm³/mol. The molecule has 1 atom stereocenters. The van der Waals surface area contributed by atoms with Gasteiger partial charge in [0.25, 0.3) is 0 Å². The SMILES string of the molecule is CC(C)C1(N)Nc2ccc(Nc3ccnc(Nc4ccc(CS(C)(=O)=O)cc4)n3)cc2N1. The van der Waals surface area contributed by atoms with E-state index in [0.717, 1.165) is 28.3 Å². The number of hydrogen-bond donors (Lipinski definition) is 5. The van der Waals surface area contributed by atoms with Crippen molar-refractivity contribution in [2.75, 3.05) is 27.5 Å². The molecule has 168 valence electrons. The largest absolute Gasteiger partial charge is 0.349 e. The Kier molecular flexibility index (Phi) is 5.66. The van der Waals surface area contributed by atoms with Gasteiger partial charge in [0, 0.05) is 29.7 Å². The van der Waals surface area contributed by atoms with E-state index in [2.05, 4.69) is 45.1 Å². The second kappa shape index (κ2) is 8.29. The van der Waals surface area contributed by atoms with Crippen LogP contribution < -0.4 is 27.0 Å². The number of nitrogens with one attached hydrogen (secondary N) is 4. The van der Waals surface area contributed by atoms with E-state index in [-0.39, 0.29) is 11.7 Å². The van der Waals surface area contributed by atoms with Gasteiger partial charge in [0.1, 0.15) is 5.82 Å². The summed E-state index contributed by atoms with van der Waals surface area (Å²) in [5.74, 6) is 0.584. The summed E-state index contributed by atoms with van der Waals surface area (Å²) in [4.78, 5) is 8.76. The van der Waals surface area contributed by atoms with Gasteiger partial charge in [-0.25, -0.2) is 13.4 Å². The van der Waals surface area contributed by atoms with Gasteiger partial charge < -0.3 is 21.3 Å². The minimum atomic E-state index is -3.07. The highest BCUT2D eigenvalue weighted by Gasteiger charge is 2.35. The van der Waals surface area contributed by atoms with Gasteiger partial charge in [-0.3, -0.25) is 5.73 Å². The highest BCUT2D eigenvalue weighted by Crippen LogP contribution is 2.37. The van der Waals surface area contributed by atoms with Crippen LogP contribution in [0.1, 0.15) is 19.4 Å². The molecule has 2 aromatic carbocycles. The molecule has 1 aliphatic heterocycles. The Morgan fingerprint density at radius 3 is 2.38 bits per heavy atom. The van der Waals surface area contributed by atoms with Gasteiger partial charge in [-0.1, -0.05) is 26.0 Å². The lowest BCUT2D eigenvalue weighted by Gasteiger charge is -2.29. The Hall–Kier alpha value is -3.37. The number of sulfone groups is 1. The zero-order valence-electron chi connectivity index (χ0n) is 18.2. The summed E-state index contributed by atoms with van der Waals surface area (Å²) in [5, 5.41) is 13.1. The topological polar surface area (TPSA) is 134 Å². The highest BCUT2D eigenvalue weighted by molar-refractivity contribution is 7.89. The molecule has 0 radical (unpaired) electrons. The predicted octanol–water partition coefficient (Wildman–Crippen LogP) is 3.61. The second-order valence-corrected chi connectivity index (χ2v) is 10.5. The van der Waals surface area contributed by atoms with Crippen LogP contribution in [0.3, 0.4) is 0 Å². The molecular formula is C22H27N7O2S. The summed E-state index contributed by atoms with van der Waals surface area (Å²) in [5.41, 5.74) is 10.6. The minimum absolute atomic E-state index is 0.0107. The van der Waals surface area contributed by atoms with Crippen molar-refractivity contribution in [3.05, 3.63) is 60.3 Å². The van der Waals surface area contributed by atoms with E-state index in [9.17, 15) is 8.42 Å². The van der Waals surface area contributed by atoms with E-state index < -0.39 is 15.6 Å². The average molecular weight is 454 g/mol. The number of nitrogens with zero attached hydrogens (tertiary/aromatic N) is 2. The van der Waals surface area contributed by atoms with Crippen molar-refractivity contribution >= 4 is 44.4 Å². The van der Waals surface area contributed by atoms with E-state index in [4.69, 9.17) is 5.73 Å². The highest BCUT2D eigenvalue weighted by atomic mass is 32.2. The molecule has 9 nitrogen and oxygen atoms in total. The van der Waals surface area contributed by atoms with Gasteiger partial charge in [-0.2, -0.15) is 4.98 Å². The molecule has 32 heavy (non-hydrogen) atoms. The summed E-state index contributed by atoms with van der Waals surface area (Å²) < 4.78 is 22.9. The number of benzene rings is 2. The van der Waals surface area contributed by atoms with Crippen molar-refractivity contribution in [2.24, 2.45) is 11.7 Å². The zero-order chi connectivity index (χ0) is 22.9. The van der Waals surface area contributed by atoms with Gasteiger partial charge in [0.15, 0.2) is 15.6 Å². The van der Waals surface area contributed by atoms with Crippen LogP contribution in [0.25, 0.3) is 0 Å². The molecule has 1 aliphatic rings. The second-order valence-electron chi connectivity index (χ2n) is 8.32. The molecule has 10 heteroatoms. The summed E-state index contributed by atoms with van der Waals surface area (Å²) in [6.45, 7) is 4.11. The Morgan fingerprint density at radius 2 is 1.69 bits per heavy atom. The quantitative estimate of drug-likeness (QED) is 0.363. The molecule has 6 N–H and O–H groups in total. The molecule has 0 bridgehead atoms. The standard InChI is InChI=1S/C22H27N7O2S/c1-14(2)22(23)28-18-9-8-17(12-19(18)29-22)25-20-10-11-24-21(27-20)26-16-6-4-15(5-7-16)13-32(3,30)31/h4-12,14,28-29H,13,23H2,1-3H3,(H2,24,25,26,27). The number of nitrogens with two attached hydrogens (primary N) is 1. The van der Waals surface area contributed by atoms with Gasteiger partial charge in [0.05, 0.1) is 17.1 Å². The Morgan fingerprint density at radius 1 is 1.00 bits per heavy atom. The zero-order valence-corrected chi connectivity index (χ0v) is 19.0. The third-order valence-corrected chi connectivity index (χ3v) is 6.04. The van der Waals surface area contributed by atoms with Crippen LogP contribution in [-0.2, 0) is 15.6 Å². The lowest BCUT2D eigenvalue weighted by molar-refractivity contribution is 0.409. The first-order chi connectivity index (χ1) is 15.1. The van der Waals surface area contributed by atoms with E-state index in [0.29, 0.717) is 11.8 Å². The average Bonchev–Trinajstić information content (AvgIpc) is 3.06.